The van der Waals surface area contributed by atoms with Crippen LogP contribution in [0.3, 0.4) is 0 Å². The lowest BCUT2D eigenvalue weighted by Gasteiger charge is -2.03. The minimum atomic E-state index is 0.0331. The van der Waals surface area contributed by atoms with Gasteiger partial charge in [0, 0.05) is 8.95 Å². The molecule has 0 unspecified atom stereocenters. The number of halogens is 2. The monoisotopic (exact) mass is 332 g/mol. The molecule has 1 aromatic heterocycles. The van der Waals surface area contributed by atoms with Crippen LogP contribution < -0.4 is 11.1 Å². The fourth-order valence-electron chi connectivity index (χ4n) is 0.991. The van der Waals surface area contributed by atoms with Crippen LogP contribution in [0.5, 0.6) is 0 Å². The molecule has 0 aliphatic rings. The third-order valence-corrected chi connectivity index (χ3v) is 2.76. The summed E-state index contributed by atoms with van der Waals surface area (Å²) in [5, 5.41) is 10.2. The Morgan fingerprint density at radius 1 is 1.27 bits per heavy atom. The number of rotatable bonds is 2. The highest BCUT2D eigenvalue weighted by atomic mass is 79.9. The van der Waals surface area contributed by atoms with E-state index in [-0.39, 0.29) is 12.0 Å². The van der Waals surface area contributed by atoms with Crippen LogP contribution in [-0.4, -0.2) is 10.2 Å². The summed E-state index contributed by atoms with van der Waals surface area (Å²) in [7, 11) is 0. The molecule has 0 saturated carbocycles. The molecule has 0 atom stereocenters. The second kappa shape index (κ2) is 4.19. The smallest absolute Gasteiger partial charge is 0.321 e. The van der Waals surface area contributed by atoms with E-state index in [0.717, 1.165) is 14.6 Å². The quantitative estimate of drug-likeness (QED) is 0.883. The van der Waals surface area contributed by atoms with Crippen LogP contribution in [0.2, 0.25) is 0 Å². The maximum absolute atomic E-state index is 5.29. The van der Waals surface area contributed by atoms with Gasteiger partial charge in [-0.25, -0.2) is 0 Å². The molecule has 78 valence electrons. The van der Waals surface area contributed by atoms with Gasteiger partial charge < -0.3 is 15.5 Å². The molecule has 0 saturated heterocycles. The first kappa shape index (κ1) is 10.4. The predicted molar refractivity (Wildman–Crippen MR) is 63.8 cm³/mol. The average Bonchev–Trinajstić information content (AvgIpc) is 2.56. The van der Waals surface area contributed by atoms with Crippen LogP contribution in [-0.2, 0) is 0 Å². The highest BCUT2D eigenvalue weighted by Crippen LogP contribution is 2.28. The van der Waals surface area contributed by atoms with Gasteiger partial charge in [-0.05, 0) is 34.1 Å². The molecule has 2 rings (SSSR count). The number of nitrogens with two attached hydrogens (primary N) is 1. The summed E-state index contributed by atoms with van der Waals surface area (Å²) in [5.74, 6) is 0. The number of benzene rings is 1. The molecular formula is C8H6Br2N4O. The highest BCUT2D eigenvalue weighted by molar-refractivity contribution is 9.11. The number of hydrogen-bond donors (Lipinski definition) is 2. The van der Waals surface area contributed by atoms with Gasteiger partial charge >= 0.3 is 12.0 Å². The molecule has 0 amide bonds. The second-order valence-corrected chi connectivity index (χ2v) is 4.46. The van der Waals surface area contributed by atoms with E-state index in [1.165, 1.54) is 0 Å². The van der Waals surface area contributed by atoms with Crippen LogP contribution in [0.4, 0.5) is 17.7 Å². The summed E-state index contributed by atoms with van der Waals surface area (Å²) in [5.41, 5.74) is 6.12. The van der Waals surface area contributed by atoms with Gasteiger partial charge in [0.25, 0.3) is 0 Å². The third kappa shape index (κ3) is 2.48. The van der Waals surface area contributed by atoms with Crippen LogP contribution >= 0.6 is 31.9 Å². The predicted octanol–water partition coefficient (Wildman–Crippen LogP) is 2.92. The first-order chi connectivity index (χ1) is 7.15. The average molecular weight is 334 g/mol. The molecule has 1 heterocycles. The largest absolute Gasteiger partial charge is 0.389 e. The minimum absolute atomic E-state index is 0.0331. The van der Waals surface area contributed by atoms with Gasteiger partial charge in [-0.1, -0.05) is 26.1 Å². The van der Waals surface area contributed by atoms with E-state index in [9.17, 15) is 0 Å². The summed E-state index contributed by atoms with van der Waals surface area (Å²) >= 11 is 6.75. The zero-order chi connectivity index (χ0) is 10.8. The van der Waals surface area contributed by atoms with Crippen molar-refractivity contribution in [2.45, 2.75) is 0 Å². The molecule has 3 N–H and O–H groups in total. The van der Waals surface area contributed by atoms with Gasteiger partial charge in [0.2, 0.25) is 0 Å². The number of anilines is 3. The van der Waals surface area contributed by atoms with Crippen LogP contribution in [0, 0.1) is 0 Å². The standard InChI is InChI=1S/C8H6Br2N4O/c9-4-1-2-6(5(10)3-4)12-8-14-13-7(11)15-8/h1-3H,(H2,11,13)(H,12,14). The number of nitrogens with one attached hydrogen (secondary N) is 1. The molecule has 0 radical (unpaired) electrons. The van der Waals surface area contributed by atoms with Crippen molar-refractivity contribution in [3.8, 4) is 0 Å². The van der Waals surface area contributed by atoms with E-state index in [4.69, 9.17) is 10.2 Å². The summed E-state index contributed by atoms with van der Waals surface area (Å²) < 4.78 is 6.84. The maximum Gasteiger partial charge on any atom is 0.321 e. The summed E-state index contributed by atoms with van der Waals surface area (Å²) in [6.07, 6.45) is 0. The zero-order valence-electron chi connectivity index (χ0n) is 7.37. The number of aromatic nitrogens is 2. The van der Waals surface area contributed by atoms with Gasteiger partial charge in [-0.15, -0.1) is 0 Å². The lowest BCUT2D eigenvalue weighted by molar-refractivity contribution is 0.593. The van der Waals surface area contributed by atoms with Gasteiger partial charge in [0.15, 0.2) is 0 Å². The molecule has 7 heteroatoms. The topological polar surface area (TPSA) is 77.0 Å². The van der Waals surface area contributed by atoms with Gasteiger partial charge in [0.1, 0.15) is 0 Å². The number of hydrogen-bond acceptors (Lipinski definition) is 5. The Morgan fingerprint density at radius 3 is 2.67 bits per heavy atom. The van der Waals surface area contributed by atoms with E-state index >= 15 is 0 Å². The lowest BCUT2D eigenvalue weighted by Crippen LogP contribution is -1.91. The first-order valence-electron chi connectivity index (χ1n) is 3.96. The molecular weight excluding hydrogens is 328 g/mol. The first-order valence-corrected chi connectivity index (χ1v) is 5.55. The van der Waals surface area contributed by atoms with Crippen molar-refractivity contribution >= 4 is 49.6 Å². The Bertz CT molecular complexity index is 485. The zero-order valence-corrected chi connectivity index (χ0v) is 10.5. The maximum atomic E-state index is 5.29. The molecule has 0 bridgehead atoms. The van der Waals surface area contributed by atoms with Crippen molar-refractivity contribution in [3.05, 3.63) is 27.1 Å². The van der Waals surface area contributed by atoms with E-state index in [1.807, 2.05) is 18.2 Å². The fourth-order valence-corrected chi connectivity index (χ4v) is 2.14. The number of nitrogen functional groups attached to an aromatic ring is 1. The van der Waals surface area contributed by atoms with Crippen molar-refractivity contribution < 1.29 is 4.42 Å². The fraction of sp³-hybridized carbons (Fsp3) is 0. The number of nitrogens with zero attached hydrogens (tertiary/aromatic N) is 2. The van der Waals surface area contributed by atoms with E-state index in [1.54, 1.807) is 0 Å². The van der Waals surface area contributed by atoms with Gasteiger partial charge in [-0.2, -0.15) is 0 Å². The van der Waals surface area contributed by atoms with Crippen molar-refractivity contribution in [1.29, 1.82) is 0 Å². The Labute approximate surface area is 102 Å². The van der Waals surface area contributed by atoms with Crippen molar-refractivity contribution in [2.75, 3.05) is 11.1 Å². The van der Waals surface area contributed by atoms with Crippen molar-refractivity contribution in [2.24, 2.45) is 0 Å². The third-order valence-electron chi connectivity index (χ3n) is 1.61. The molecule has 0 spiro atoms. The van der Waals surface area contributed by atoms with Crippen LogP contribution in [0.15, 0.2) is 31.6 Å². The van der Waals surface area contributed by atoms with Crippen molar-refractivity contribution in [3.63, 3.8) is 0 Å². The van der Waals surface area contributed by atoms with E-state index in [0.29, 0.717) is 0 Å². The van der Waals surface area contributed by atoms with E-state index < -0.39 is 0 Å². The summed E-state index contributed by atoms with van der Waals surface area (Å²) in [6.45, 7) is 0. The van der Waals surface area contributed by atoms with Gasteiger partial charge in [-0.3, -0.25) is 0 Å². The van der Waals surface area contributed by atoms with Gasteiger partial charge in [0.05, 0.1) is 5.69 Å². The summed E-state index contributed by atoms with van der Waals surface area (Å²) in [6, 6.07) is 5.96. The molecule has 0 aliphatic carbocycles. The molecule has 0 fully saturated rings. The molecule has 5 nitrogen and oxygen atoms in total. The Kier molecular flexibility index (Phi) is 2.92. The Balaban J connectivity index is 2.24. The second-order valence-electron chi connectivity index (χ2n) is 2.69. The Hall–Kier alpha value is -1.08. The Morgan fingerprint density at radius 2 is 2.07 bits per heavy atom. The minimum Gasteiger partial charge on any atom is -0.389 e. The molecule has 15 heavy (non-hydrogen) atoms. The normalized spacial score (nSPS) is 10.3. The SMILES string of the molecule is Nc1nnc(Nc2ccc(Br)cc2Br)o1. The lowest BCUT2D eigenvalue weighted by atomic mass is 10.3. The van der Waals surface area contributed by atoms with E-state index in [2.05, 4.69) is 47.4 Å². The molecule has 2 aromatic rings. The molecule has 0 aliphatic heterocycles. The summed E-state index contributed by atoms with van der Waals surface area (Å²) in [4.78, 5) is 0. The molecule has 1 aromatic carbocycles. The van der Waals surface area contributed by atoms with Crippen molar-refractivity contribution in [1.82, 2.24) is 10.2 Å². The van der Waals surface area contributed by atoms with Crippen LogP contribution in [0.25, 0.3) is 0 Å². The highest BCUT2D eigenvalue weighted by Gasteiger charge is 2.05. The van der Waals surface area contributed by atoms with Crippen LogP contribution in [0.1, 0.15) is 0 Å².